The van der Waals surface area contributed by atoms with Crippen LogP contribution in [0.1, 0.15) is 18.4 Å². The average molecular weight is 313 g/mol. The monoisotopic (exact) mass is 312 g/mol. The Labute approximate surface area is 122 Å². The molecule has 0 aliphatic heterocycles. The number of nitrogens with one attached hydrogen (secondary N) is 1. The van der Waals surface area contributed by atoms with E-state index >= 15 is 0 Å². The Morgan fingerprint density at radius 1 is 1.63 bits per heavy atom. The van der Waals surface area contributed by atoms with Crippen LogP contribution in [0.15, 0.2) is 16.7 Å². The van der Waals surface area contributed by atoms with Gasteiger partial charge in [0.1, 0.15) is 5.69 Å². The molecule has 3 aromatic rings. The molecule has 98 valence electrons. The number of thiazole rings is 1. The van der Waals surface area contributed by atoms with Crippen LogP contribution in [0.25, 0.3) is 4.96 Å². The van der Waals surface area contributed by atoms with Crippen LogP contribution in [0, 0.1) is 4.77 Å². The Morgan fingerprint density at radius 3 is 3.26 bits per heavy atom. The molecular weight excluding hydrogens is 304 g/mol. The van der Waals surface area contributed by atoms with Crippen molar-refractivity contribution in [1.29, 1.82) is 0 Å². The lowest BCUT2D eigenvalue weighted by Gasteiger charge is -1.96. The van der Waals surface area contributed by atoms with Gasteiger partial charge < -0.3 is 0 Å². The maximum absolute atomic E-state index is 6.09. The van der Waals surface area contributed by atoms with E-state index in [0.29, 0.717) is 9.92 Å². The second-order valence-electron chi connectivity index (χ2n) is 3.70. The standard InChI is InChI=1S/C10H9ClN6S2/c1-2-7-14-15-9(18)17(7)12-5-6-8(11)13-10-16(6)3-4-19-10/h3-5H,2H2,1H3,(H,15,18)/b12-5+. The fourth-order valence-corrected chi connectivity index (χ4v) is 2.87. The highest BCUT2D eigenvalue weighted by Crippen LogP contribution is 2.19. The summed E-state index contributed by atoms with van der Waals surface area (Å²) in [5.74, 6) is 0.767. The molecule has 6 nitrogen and oxygen atoms in total. The number of nitrogens with zero attached hydrogens (tertiary/aromatic N) is 5. The number of hydrogen-bond donors (Lipinski definition) is 1. The molecule has 3 rings (SSSR count). The summed E-state index contributed by atoms with van der Waals surface area (Å²) in [6.45, 7) is 1.99. The third-order valence-electron chi connectivity index (χ3n) is 2.58. The lowest BCUT2D eigenvalue weighted by atomic mass is 10.5. The summed E-state index contributed by atoms with van der Waals surface area (Å²) < 4.78 is 3.92. The maximum Gasteiger partial charge on any atom is 0.216 e. The van der Waals surface area contributed by atoms with Gasteiger partial charge in [0, 0.05) is 18.0 Å². The predicted molar refractivity (Wildman–Crippen MR) is 77.9 cm³/mol. The van der Waals surface area contributed by atoms with Gasteiger partial charge in [-0.15, -0.1) is 11.3 Å². The molecule has 0 fully saturated rings. The Balaban J connectivity index is 2.07. The number of aryl methyl sites for hydroxylation is 1. The minimum Gasteiger partial charge on any atom is -0.288 e. The van der Waals surface area contributed by atoms with Gasteiger partial charge in [0.25, 0.3) is 0 Å². The molecule has 1 N–H and O–H groups in total. The summed E-state index contributed by atoms with van der Waals surface area (Å²) in [6, 6.07) is 0. The molecule has 0 atom stereocenters. The third kappa shape index (κ3) is 2.11. The predicted octanol–water partition coefficient (Wildman–Crippen LogP) is 2.75. The van der Waals surface area contributed by atoms with Gasteiger partial charge in [0.05, 0.1) is 6.21 Å². The zero-order valence-corrected chi connectivity index (χ0v) is 12.3. The number of imidazole rings is 1. The van der Waals surface area contributed by atoms with Crippen molar-refractivity contribution in [2.75, 3.05) is 0 Å². The fraction of sp³-hybridized carbons (Fsp3) is 0.200. The molecule has 0 aliphatic rings. The molecular formula is C10H9ClN6S2. The van der Waals surface area contributed by atoms with Crippen LogP contribution in [0.2, 0.25) is 5.15 Å². The van der Waals surface area contributed by atoms with Gasteiger partial charge in [-0.05, 0) is 12.2 Å². The first-order valence-corrected chi connectivity index (χ1v) is 7.19. The number of H-pyrrole nitrogens is 1. The van der Waals surface area contributed by atoms with E-state index in [2.05, 4.69) is 20.3 Å². The van der Waals surface area contributed by atoms with E-state index < -0.39 is 0 Å². The number of aromatic nitrogens is 5. The van der Waals surface area contributed by atoms with Crippen LogP contribution in [-0.4, -0.2) is 30.5 Å². The van der Waals surface area contributed by atoms with Crippen molar-refractivity contribution in [2.24, 2.45) is 5.10 Å². The van der Waals surface area contributed by atoms with Gasteiger partial charge in [0.2, 0.25) is 4.77 Å². The number of hydrogen-bond acceptors (Lipinski definition) is 5. The second kappa shape index (κ2) is 4.87. The van der Waals surface area contributed by atoms with Crippen molar-refractivity contribution in [2.45, 2.75) is 13.3 Å². The molecule has 0 amide bonds. The van der Waals surface area contributed by atoms with Gasteiger partial charge in [-0.1, -0.05) is 18.5 Å². The molecule has 0 aromatic carbocycles. The normalized spacial score (nSPS) is 11.9. The lowest BCUT2D eigenvalue weighted by molar-refractivity contribution is 0.779. The SMILES string of the molecule is CCc1n[nH]c(=S)n1/N=C/c1c(Cl)nc2sccn12. The van der Waals surface area contributed by atoms with E-state index in [1.165, 1.54) is 11.3 Å². The van der Waals surface area contributed by atoms with E-state index in [1.54, 1.807) is 10.9 Å². The van der Waals surface area contributed by atoms with E-state index in [-0.39, 0.29) is 0 Å². The molecule has 0 bridgehead atoms. The number of aromatic amines is 1. The minimum atomic E-state index is 0.420. The first-order chi connectivity index (χ1) is 9.20. The molecule has 9 heteroatoms. The van der Waals surface area contributed by atoms with E-state index in [4.69, 9.17) is 23.8 Å². The average Bonchev–Trinajstić information content (AvgIpc) is 3.03. The van der Waals surface area contributed by atoms with Crippen molar-refractivity contribution in [3.63, 3.8) is 0 Å². The van der Waals surface area contributed by atoms with Crippen LogP contribution >= 0.6 is 35.2 Å². The quantitative estimate of drug-likeness (QED) is 0.597. The Hall–Kier alpha value is -1.51. The molecule has 0 spiro atoms. The van der Waals surface area contributed by atoms with Crippen molar-refractivity contribution < 1.29 is 0 Å². The van der Waals surface area contributed by atoms with Gasteiger partial charge in [0.15, 0.2) is 15.9 Å². The minimum absolute atomic E-state index is 0.420. The molecule has 0 radical (unpaired) electrons. The highest BCUT2D eigenvalue weighted by Gasteiger charge is 2.09. The molecule has 0 saturated carbocycles. The summed E-state index contributed by atoms with van der Waals surface area (Å²) in [6.07, 6.45) is 4.27. The largest absolute Gasteiger partial charge is 0.288 e. The highest BCUT2D eigenvalue weighted by molar-refractivity contribution is 7.71. The molecule has 0 unspecified atom stereocenters. The van der Waals surface area contributed by atoms with Crippen LogP contribution < -0.4 is 0 Å². The summed E-state index contributed by atoms with van der Waals surface area (Å²) in [5, 5.41) is 13.5. The van der Waals surface area contributed by atoms with E-state index in [9.17, 15) is 0 Å². The zero-order chi connectivity index (χ0) is 13.4. The fourth-order valence-electron chi connectivity index (χ4n) is 1.68. The molecule has 3 heterocycles. The number of rotatable bonds is 3. The number of fused-ring (bicyclic) bond motifs is 1. The molecule has 0 saturated heterocycles. The van der Waals surface area contributed by atoms with Crippen LogP contribution in [0.3, 0.4) is 0 Å². The van der Waals surface area contributed by atoms with Gasteiger partial charge in [-0.2, -0.15) is 14.9 Å². The number of halogens is 1. The van der Waals surface area contributed by atoms with Crippen LogP contribution in [0.5, 0.6) is 0 Å². The van der Waals surface area contributed by atoms with Crippen molar-refractivity contribution in [3.05, 3.63) is 33.0 Å². The Morgan fingerprint density at radius 2 is 2.47 bits per heavy atom. The maximum atomic E-state index is 6.09. The van der Waals surface area contributed by atoms with Crippen molar-refractivity contribution in [3.8, 4) is 0 Å². The third-order valence-corrected chi connectivity index (χ3v) is 3.88. The summed E-state index contributed by atoms with van der Waals surface area (Å²) >= 11 is 12.7. The molecule has 19 heavy (non-hydrogen) atoms. The topological polar surface area (TPSA) is 63.3 Å². The van der Waals surface area contributed by atoms with Gasteiger partial charge >= 0.3 is 0 Å². The first-order valence-electron chi connectivity index (χ1n) is 5.52. The van der Waals surface area contributed by atoms with E-state index in [1.807, 2.05) is 22.9 Å². The van der Waals surface area contributed by atoms with Crippen molar-refractivity contribution >= 4 is 46.3 Å². The Bertz CT molecular complexity index is 808. The lowest BCUT2D eigenvalue weighted by Crippen LogP contribution is -1.98. The summed E-state index contributed by atoms with van der Waals surface area (Å²) in [7, 11) is 0. The zero-order valence-electron chi connectivity index (χ0n) is 9.87. The molecule has 3 aromatic heterocycles. The summed E-state index contributed by atoms with van der Waals surface area (Å²) in [4.78, 5) is 5.07. The van der Waals surface area contributed by atoms with Crippen LogP contribution in [-0.2, 0) is 6.42 Å². The first kappa shape index (κ1) is 12.5. The summed E-state index contributed by atoms with van der Waals surface area (Å²) in [5.41, 5.74) is 0.725. The smallest absolute Gasteiger partial charge is 0.216 e. The van der Waals surface area contributed by atoms with Gasteiger partial charge in [-0.3, -0.25) is 9.50 Å². The second-order valence-corrected chi connectivity index (χ2v) is 5.32. The van der Waals surface area contributed by atoms with Crippen molar-refractivity contribution in [1.82, 2.24) is 24.3 Å². The van der Waals surface area contributed by atoms with E-state index in [0.717, 1.165) is 22.9 Å². The molecule has 0 aliphatic carbocycles. The highest BCUT2D eigenvalue weighted by atomic mass is 35.5. The Kier molecular flexibility index (Phi) is 3.21. The van der Waals surface area contributed by atoms with Crippen LogP contribution in [0.4, 0.5) is 0 Å². The van der Waals surface area contributed by atoms with Gasteiger partial charge in [-0.25, -0.2) is 4.98 Å².